The Labute approximate surface area is 163 Å². The first kappa shape index (κ1) is 16.7. The number of ether oxygens (including phenoxy) is 2. The van der Waals surface area contributed by atoms with Crippen molar-refractivity contribution in [1.82, 2.24) is 0 Å². The van der Waals surface area contributed by atoms with Gasteiger partial charge in [-0.15, -0.1) is 0 Å². The zero-order valence-corrected chi connectivity index (χ0v) is 15.6. The van der Waals surface area contributed by atoms with Crippen LogP contribution < -0.4 is 14.4 Å². The molecular formula is C17H9Cl2NO3S2. The van der Waals surface area contributed by atoms with Gasteiger partial charge in [-0.2, -0.15) is 0 Å². The first-order chi connectivity index (χ1) is 12.0. The van der Waals surface area contributed by atoms with Crippen LogP contribution in [0.5, 0.6) is 11.5 Å². The fraction of sp³-hybridized carbons (Fsp3) is 0.0588. The number of anilines is 1. The third-order valence-electron chi connectivity index (χ3n) is 3.68. The van der Waals surface area contributed by atoms with Crippen molar-refractivity contribution in [2.24, 2.45) is 0 Å². The third-order valence-corrected chi connectivity index (χ3v) is 5.64. The Morgan fingerprint density at radius 2 is 1.84 bits per heavy atom. The summed E-state index contributed by atoms with van der Waals surface area (Å²) in [5, 5.41) is 0.946. The van der Waals surface area contributed by atoms with Crippen LogP contribution in [0.15, 0.2) is 41.3 Å². The molecular weight excluding hydrogens is 401 g/mol. The molecule has 2 aliphatic rings. The number of halogens is 2. The molecule has 0 bridgehead atoms. The number of hydrogen-bond donors (Lipinski definition) is 0. The van der Waals surface area contributed by atoms with Crippen LogP contribution in [0, 0.1) is 0 Å². The van der Waals surface area contributed by atoms with Crippen LogP contribution in [0.1, 0.15) is 5.56 Å². The standard InChI is InChI=1S/C17H9Cl2NO3S2/c18-11-2-1-3-12(19)10(11)7-15-16(21)20(17(24)25-15)9-4-5-13-14(6-9)23-8-22-13/h1-7H,8H2. The summed E-state index contributed by atoms with van der Waals surface area (Å²) in [6, 6.07) is 10.4. The number of hydrogen-bond acceptors (Lipinski definition) is 5. The molecule has 1 saturated heterocycles. The van der Waals surface area contributed by atoms with Gasteiger partial charge in [-0.3, -0.25) is 9.69 Å². The molecule has 8 heteroatoms. The van der Waals surface area contributed by atoms with Crippen molar-refractivity contribution in [2.75, 3.05) is 11.7 Å². The van der Waals surface area contributed by atoms with Gasteiger partial charge in [0.05, 0.1) is 10.6 Å². The lowest BCUT2D eigenvalue weighted by atomic mass is 10.2. The van der Waals surface area contributed by atoms with E-state index < -0.39 is 0 Å². The summed E-state index contributed by atoms with van der Waals surface area (Å²) >= 11 is 18.9. The lowest BCUT2D eigenvalue weighted by molar-refractivity contribution is -0.113. The first-order valence-corrected chi connectivity index (χ1v) is 9.14. The topological polar surface area (TPSA) is 38.8 Å². The number of thiocarbonyl (C=S) groups is 1. The number of benzene rings is 2. The minimum absolute atomic E-state index is 0.169. The van der Waals surface area contributed by atoms with E-state index in [0.29, 0.717) is 42.0 Å². The number of thioether (sulfide) groups is 1. The van der Waals surface area contributed by atoms with Gasteiger partial charge >= 0.3 is 0 Å². The zero-order valence-electron chi connectivity index (χ0n) is 12.5. The number of carbonyl (C=O) groups is 1. The Balaban J connectivity index is 1.70. The maximum absolute atomic E-state index is 12.8. The molecule has 1 fully saturated rings. The van der Waals surface area contributed by atoms with Crippen molar-refractivity contribution in [3.8, 4) is 11.5 Å². The summed E-state index contributed by atoms with van der Waals surface area (Å²) in [5.41, 5.74) is 1.22. The van der Waals surface area contributed by atoms with Gasteiger partial charge in [0.25, 0.3) is 5.91 Å². The highest BCUT2D eigenvalue weighted by molar-refractivity contribution is 8.27. The Morgan fingerprint density at radius 3 is 2.60 bits per heavy atom. The molecule has 25 heavy (non-hydrogen) atoms. The quantitative estimate of drug-likeness (QED) is 0.507. The summed E-state index contributed by atoms with van der Waals surface area (Å²) in [7, 11) is 0. The van der Waals surface area contributed by atoms with Gasteiger partial charge < -0.3 is 9.47 Å². The van der Waals surface area contributed by atoms with Crippen molar-refractivity contribution < 1.29 is 14.3 Å². The zero-order chi connectivity index (χ0) is 17.6. The normalized spacial score (nSPS) is 17.7. The van der Waals surface area contributed by atoms with Gasteiger partial charge in [0.2, 0.25) is 6.79 Å². The molecule has 0 N–H and O–H groups in total. The van der Waals surface area contributed by atoms with Gasteiger partial charge in [0.15, 0.2) is 15.8 Å². The van der Waals surface area contributed by atoms with Crippen LogP contribution in [0.4, 0.5) is 5.69 Å². The monoisotopic (exact) mass is 409 g/mol. The Morgan fingerprint density at radius 1 is 1.12 bits per heavy atom. The van der Waals surface area contributed by atoms with Crippen molar-refractivity contribution in [1.29, 1.82) is 0 Å². The van der Waals surface area contributed by atoms with E-state index in [-0.39, 0.29) is 12.7 Å². The van der Waals surface area contributed by atoms with Crippen LogP contribution >= 0.6 is 47.2 Å². The molecule has 0 radical (unpaired) electrons. The van der Waals surface area contributed by atoms with Crippen LogP contribution in [0.25, 0.3) is 6.08 Å². The predicted octanol–water partition coefficient (Wildman–Crippen LogP) is 5.13. The highest BCUT2D eigenvalue weighted by Crippen LogP contribution is 2.41. The molecule has 0 atom stereocenters. The second-order valence-corrected chi connectivity index (χ2v) is 7.68. The Hall–Kier alpha value is -1.73. The molecule has 0 spiro atoms. The highest BCUT2D eigenvalue weighted by atomic mass is 35.5. The maximum atomic E-state index is 12.8. The minimum atomic E-state index is -0.232. The van der Waals surface area contributed by atoms with E-state index in [4.69, 9.17) is 44.9 Å². The lowest BCUT2D eigenvalue weighted by Gasteiger charge is -2.14. The molecule has 0 saturated carbocycles. The number of nitrogens with zero attached hydrogens (tertiary/aromatic N) is 1. The molecule has 0 aliphatic carbocycles. The molecule has 2 aromatic rings. The minimum Gasteiger partial charge on any atom is -0.454 e. The average molecular weight is 410 g/mol. The molecule has 4 rings (SSSR count). The lowest BCUT2D eigenvalue weighted by Crippen LogP contribution is -2.27. The number of rotatable bonds is 2. The molecule has 0 unspecified atom stereocenters. The first-order valence-electron chi connectivity index (χ1n) is 7.16. The van der Waals surface area contributed by atoms with Crippen LogP contribution in [0.3, 0.4) is 0 Å². The molecule has 4 nitrogen and oxygen atoms in total. The number of amides is 1. The molecule has 2 aliphatic heterocycles. The predicted molar refractivity (Wildman–Crippen MR) is 105 cm³/mol. The second kappa shape index (κ2) is 6.53. The van der Waals surface area contributed by atoms with Gasteiger partial charge in [-0.25, -0.2) is 0 Å². The molecule has 1 amide bonds. The van der Waals surface area contributed by atoms with Crippen molar-refractivity contribution in [2.45, 2.75) is 0 Å². The van der Waals surface area contributed by atoms with E-state index in [9.17, 15) is 4.79 Å². The summed E-state index contributed by atoms with van der Waals surface area (Å²) in [6.07, 6.45) is 1.66. The van der Waals surface area contributed by atoms with Crippen LogP contribution in [0.2, 0.25) is 10.0 Å². The Kier molecular flexibility index (Phi) is 4.37. The van der Waals surface area contributed by atoms with Gasteiger partial charge in [0.1, 0.15) is 0 Å². The average Bonchev–Trinajstić information content (AvgIpc) is 3.15. The van der Waals surface area contributed by atoms with E-state index >= 15 is 0 Å². The van der Waals surface area contributed by atoms with E-state index in [1.54, 1.807) is 42.5 Å². The summed E-state index contributed by atoms with van der Waals surface area (Å²) < 4.78 is 11.1. The fourth-order valence-corrected chi connectivity index (χ4v) is 4.28. The summed E-state index contributed by atoms with van der Waals surface area (Å²) in [4.78, 5) is 14.7. The third kappa shape index (κ3) is 3.00. The van der Waals surface area contributed by atoms with Gasteiger partial charge in [-0.05, 0) is 30.3 Å². The second-order valence-electron chi connectivity index (χ2n) is 5.19. The maximum Gasteiger partial charge on any atom is 0.270 e. The summed E-state index contributed by atoms with van der Waals surface area (Å²) in [5.74, 6) is 1.00. The van der Waals surface area contributed by atoms with E-state index in [1.165, 1.54) is 16.7 Å². The molecule has 2 heterocycles. The van der Waals surface area contributed by atoms with E-state index in [2.05, 4.69) is 0 Å². The Bertz CT molecular complexity index is 925. The van der Waals surface area contributed by atoms with E-state index in [1.807, 2.05) is 0 Å². The SMILES string of the molecule is O=C1C(=Cc2c(Cl)cccc2Cl)SC(=S)N1c1ccc2c(c1)OCO2. The highest BCUT2D eigenvalue weighted by Gasteiger charge is 2.34. The van der Waals surface area contributed by atoms with Gasteiger partial charge in [0, 0.05) is 21.7 Å². The number of fused-ring (bicyclic) bond motifs is 1. The fourth-order valence-electron chi connectivity index (χ4n) is 2.49. The number of carbonyl (C=O) groups excluding carboxylic acids is 1. The summed E-state index contributed by atoms with van der Waals surface area (Å²) in [6.45, 7) is 0.169. The van der Waals surface area contributed by atoms with Crippen molar-refractivity contribution in [3.63, 3.8) is 0 Å². The van der Waals surface area contributed by atoms with Crippen LogP contribution in [-0.2, 0) is 4.79 Å². The molecule has 126 valence electrons. The van der Waals surface area contributed by atoms with Gasteiger partial charge in [-0.1, -0.05) is 53.2 Å². The van der Waals surface area contributed by atoms with Crippen LogP contribution in [-0.4, -0.2) is 17.0 Å². The molecule has 2 aromatic carbocycles. The smallest absolute Gasteiger partial charge is 0.270 e. The van der Waals surface area contributed by atoms with Crippen molar-refractivity contribution in [3.05, 3.63) is 56.9 Å². The molecule has 0 aromatic heterocycles. The largest absolute Gasteiger partial charge is 0.454 e. The van der Waals surface area contributed by atoms with Crippen molar-refractivity contribution >= 4 is 69.2 Å². The van der Waals surface area contributed by atoms with E-state index in [0.717, 1.165) is 0 Å².